The van der Waals surface area contributed by atoms with Gasteiger partial charge in [-0.2, -0.15) is 0 Å². The molecule has 2 aromatic rings. The molecule has 0 aliphatic carbocycles. The molecule has 0 aromatic carbocycles. The van der Waals surface area contributed by atoms with Crippen LogP contribution in [0.2, 0.25) is 0 Å². The van der Waals surface area contributed by atoms with Gasteiger partial charge < -0.3 is 14.6 Å². The van der Waals surface area contributed by atoms with Gasteiger partial charge in [-0.05, 0) is 32.4 Å². The molecule has 0 bridgehead atoms. The Labute approximate surface area is 141 Å². The van der Waals surface area contributed by atoms with Crippen molar-refractivity contribution in [1.29, 1.82) is 0 Å². The summed E-state index contributed by atoms with van der Waals surface area (Å²) in [4.78, 5) is 24.9. The predicted octanol–water partition coefficient (Wildman–Crippen LogP) is 2.34. The molecule has 0 saturated carbocycles. The molecule has 2 amide bonds. The van der Waals surface area contributed by atoms with Crippen LogP contribution < -0.4 is 5.32 Å². The first kappa shape index (κ1) is 16.4. The Bertz CT molecular complexity index is 700. The van der Waals surface area contributed by atoms with Crippen LogP contribution in [-0.2, 0) is 6.54 Å². The minimum Gasteiger partial charge on any atom is -0.444 e. The van der Waals surface area contributed by atoms with Gasteiger partial charge in [-0.3, -0.25) is 9.88 Å². The minimum atomic E-state index is -0.0632. The highest BCUT2D eigenvalue weighted by Crippen LogP contribution is 2.15. The predicted molar refractivity (Wildman–Crippen MR) is 90.8 cm³/mol. The Morgan fingerprint density at radius 3 is 2.62 bits per heavy atom. The Morgan fingerprint density at radius 2 is 2.00 bits per heavy atom. The van der Waals surface area contributed by atoms with E-state index < -0.39 is 0 Å². The third-order valence-corrected chi connectivity index (χ3v) is 4.35. The third kappa shape index (κ3) is 3.73. The number of carbonyl (C=O) groups is 1. The van der Waals surface area contributed by atoms with Gasteiger partial charge in [0.1, 0.15) is 5.76 Å². The zero-order valence-electron chi connectivity index (χ0n) is 14.4. The Hall–Kier alpha value is -2.41. The summed E-state index contributed by atoms with van der Waals surface area (Å²) < 4.78 is 5.63. The Morgan fingerprint density at radius 1 is 1.25 bits per heavy atom. The van der Waals surface area contributed by atoms with Crippen LogP contribution in [0.5, 0.6) is 0 Å². The van der Waals surface area contributed by atoms with Gasteiger partial charge in [0.15, 0.2) is 0 Å². The monoisotopic (exact) mass is 329 g/mol. The molecule has 0 radical (unpaired) electrons. The number of pyridine rings is 1. The summed E-state index contributed by atoms with van der Waals surface area (Å²) in [7, 11) is 0. The smallest absolute Gasteiger partial charge is 0.321 e. The van der Waals surface area contributed by atoms with Crippen molar-refractivity contribution in [2.75, 3.05) is 31.5 Å². The molecule has 1 fully saturated rings. The maximum atomic E-state index is 12.4. The third-order valence-electron chi connectivity index (χ3n) is 4.35. The zero-order chi connectivity index (χ0) is 17.1. The lowest BCUT2D eigenvalue weighted by atomic mass is 10.2. The fourth-order valence-corrected chi connectivity index (χ4v) is 2.72. The van der Waals surface area contributed by atoms with Crippen molar-refractivity contribution >= 4 is 11.7 Å². The topological polar surface area (TPSA) is 74.5 Å². The summed E-state index contributed by atoms with van der Waals surface area (Å²) in [5.41, 5.74) is 2.71. The molecule has 0 unspecified atom stereocenters. The van der Waals surface area contributed by atoms with Gasteiger partial charge in [0.05, 0.1) is 12.2 Å². The van der Waals surface area contributed by atoms with E-state index >= 15 is 0 Å². The van der Waals surface area contributed by atoms with Crippen molar-refractivity contribution in [3.05, 3.63) is 41.4 Å². The van der Waals surface area contributed by atoms with Crippen LogP contribution in [0.25, 0.3) is 0 Å². The highest BCUT2D eigenvalue weighted by atomic mass is 16.4. The number of nitrogens with one attached hydrogen (secondary N) is 1. The van der Waals surface area contributed by atoms with Crippen molar-refractivity contribution in [2.24, 2.45) is 0 Å². The molecule has 7 heteroatoms. The van der Waals surface area contributed by atoms with Gasteiger partial charge >= 0.3 is 6.03 Å². The van der Waals surface area contributed by atoms with Crippen LogP contribution in [0.3, 0.4) is 0 Å². The fraction of sp³-hybridized carbons (Fsp3) is 0.471. The zero-order valence-corrected chi connectivity index (χ0v) is 14.4. The van der Waals surface area contributed by atoms with E-state index in [-0.39, 0.29) is 6.03 Å². The van der Waals surface area contributed by atoms with E-state index in [2.05, 4.69) is 20.2 Å². The molecule has 3 rings (SSSR count). The number of hydrogen-bond acceptors (Lipinski definition) is 5. The highest BCUT2D eigenvalue weighted by Gasteiger charge is 2.22. The number of aromatic nitrogens is 2. The van der Waals surface area contributed by atoms with Crippen LogP contribution >= 0.6 is 0 Å². The van der Waals surface area contributed by atoms with Crippen LogP contribution in [0.1, 0.15) is 22.9 Å². The average molecular weight is 329 g/mol. The number of amides is 2. The van der Waals surface area contributed by atoms with Gasteiger partial charge in [0, 0.05) is 44.3 Å². The molecule has 1 saturated heterocycles. The summed E-state index contributed by atoms with van der Waals surface area (Å²) in [6.07, 6.45) is 3.43. The summed E-state index contributed by atoms with van der Waals surface area (Å²) >= 11 is 0. The van der Waals surface area contributed by atoms with E-state index in [9.17, 15) is 4.79 Å². The molecule has 2 aromatic heterocycles. The van der Waals surface area contributed by atoms with Crippen LogP contribution in [0.4, 0.5) is 10.5 Å². The molecule has 1 N–H and O–H groups in total. The van der Waals surface area contributed by atoms with Gasteiger partial charge in [-0.15, -0.1) is 0 Å². The average Bonchev–Trinajstić information content (AvgIpc) is 2.88. The van der Waals surface area contributed by atoms with Gasteiger partial charge in [-0.1, -0.05) is 0 Å². The molecular weight excluding hydrogens is 306 g/mol. The van der Waals surface area contributed by atoms with E-state index in [0.29, 0.717) is 19.6 Å². The number of urea groups is 1. The number of oxazole rings is 1. The second kappa shape index (κ2) is 7.00. The molecule has 24 heavy (non-hydrogen) atoms. The maximum Gasteiger partial charge on any atom is 0.321 e. The molecule has 1 aliphatic heterocycles. The van der Waals surface area contributed by atoms with Crippen LogP contribution in [0, 0.1) is 20.8 Å². The van der Waals surface area contributed by atoms with Crippen molar-refractivity contribution in [2.45, 2.75) is 27.3 Å². The van der Waals surface area contributed by atoms with Crippen molar-refractivity contribution in [1.82, 2.24) is 19.8 Å². The number of piperazine rings is 1. The van der Waals surface area contributed by atoms with Crippen LogP contribution in [-0.4, -0.2) is 52.0 Å². The van der Waals surface area contributed by atoms with Gasteiger partial charge in [0.2, 0.25) is 5.89 Å². The first-order chi connectivity index (χ1) is 11.5. The number of aryl methyl sites for hydroxylation is 3. The van der Waals surface area contributed by atoms with Crippen molar-refractivity contribution in [3.8, 4) is 0 Å². The molecule has 3 heterocycles. The highest BCUT2D eigenvalue weighted by molar-refractivity contribution is 5.90. The number of rotatable bonds is 3. The molecule has 7 nitrogen and oxygen atoms in total. The quantitative estimate of drug-likeness (QED) is 0.935. The van der Waals surface area contributed by atoms with Gasteiger partial charge in [-0.25, -0.2) is 9.78 Å². The summed E-state index contributed by atoms with van der Waals surface area (Å²) in [6, 6.07) is 1.75. The molecular formula is C17H23N5O2. The normalized spacial score (nSPS) is 15.5. The number of anilines is 1. The fourth-order valence-electron chi connectivity index (χ4n) is 2.72. The first-order valence-electron chi connectivity index (χ1n) is 8.14. The summed E-state index contributed by atoms with van der Waals surface area (Å²) in [5, 5.41) is 2.95. The lowest BCUT2D eigenvalue weighted by Crippen LogP contribution is -2.49. The minimum absolute atomic E-state index is 0.0632. The molecule has 128 valence electrons. The van der Waals surface area contributed by atoms with E-state index in [1.54, 1.807) is 12.4 Å². The number of nitrogens with zero attached hydrogens (tertiary/aromatic N) is 4. The Balaban J connectivity index is 1.51. The molecule has 0 spiro atoms. The van der Waals surface area contributed by atoms with E-state index in [1.807, 2.05) is 31.7 Å². The van der Waals surface area contributed by atoms with E-state index in [4.69, 9.17) is 4.42 Å². The second-order valence-corrected chi connectivity index (χ2v) is 6.13. The second-order valence-electron chi connectivity index (χ2n) is 6.13. The van der Waals surface area contributed by atoms with Crippen LogP contribution in [0.15, 0.2) is 22.9 Å². The lowest BCUT2D eigenvalue weighted by molar-refractivity contribution is 0.135. The van der Waals surface area contributed by atoms with E-state index in [1.165, 1.54) is 0 Å². The number of carbonyl (C=O) groups excluding carboxylic acids is 1. The largest absolute Gasteiger partial charge is 0.444 e. The van der Waals surface area contributed by atoms with E-state index in [0.717, 1.165) is 41.7 Å². The Kier molecular flexibility index (Phi) is 4.80. The summed E-state index contributed by atoms with van der Waals surface area (Å²) in [5.74, 6) is 1.62. The summed E-state index contributed by atoms with van der Waals surface area (Å²) in [6.45, 7) is 9.49. The van der Waals surface area contributed by atoms with Crippen molar-refractivity contribution < 1.29 is 9.21 Å². The van der Waals surface area contributed by atoms with Crippen molar-refractivity contribution in [3.63, 3.8) is 0 Å². The standard InChI is InChI=1S/C17H23N5O2/c1-12-10-18-5-4-15(12)20-17(23)22-8-6-21(7-9-22)11-16-19-13(2)14(3)24-16/h4-5,10H,6-9,11H2,1-3H3,(H,18,20,23). The SMILES string of the molecule is Cc1cnccc1NC(=O)N1CCN(Cc2nc(C)c(C)o2)CC1. The maximum absolute atomic E-state index is 12.4. The lowest BCUT2D eigenvalue weighted by Gasteiger charge is -2.34. The first-order valence-corrected chi connectivity index (χ1v) is 8.14. The van der Waals surface area contributed by atoms with Gasteiger partial charge in [0.25, 0.3) is 0 Å². The number of hydrogen-bond donors (Lipinski definition) is 1. The molecule has 0 atom stereocenters. The molecule has 1 aliphatic rings.